The van der Waals surface area contributed by atoms with Gasteiger partial charge in [-0.1, -0.05) is 6.92 Å². The molecule has 0 saturated carbocycles. The van der Waals surface area contributed by atoms with Gasteiger partial charge in [-0.3, -0.25) is 11.3 Å². The summed E-state index contributed by atoms with van der Waals surface area (Å²) in [4.78, 5) is 4.31. The van der Waals surface area contributed by atoms with Gasteiger partial charge in [-0.15, -0.1) is 0 Å². The molecular formula is C12H24N4O. The van der Waals surface area contributed by atoms with Crippen molar-refractivity contribution in [2.75, 3.05) is 6.61 Å². The van der Waals surface area contributed by atoms with E-state index in [-0.39, 0.29) is 12.1 Å². The lowest BCUT2D eigenvalue weighted by Crippen LogP contribution is -2.45. The average Bonchev–Trinajstić information content (AvgIpc) is 2.74. The van der Waals surface area contributed by atoms with E-state index in [1.165, 1.54) is 0 Å². The maximum Gasteiger partial charge on any atom is 0.108 e. The second kappa shape index (κ2) is 7.42. The van der Waals surface area contributed by atoms with Gasteiger partial charge < -0.3 is 9.30 Å². The van der Waals surface area contributed by atoms with Crippen LogP contribution in [0.25, 0.3) is 0 Å². The van der Waals surface area contributed by atoms with E-state index in [2.05, 4.69) is 17.3 Å². The lowest BCUT2D eigenvalue weighted by Gasteiger charge is -2.25. The first-order valence-corrected chi connectivity index (χ1v) is 6.26. The minimum absolute atomic E-state index is 0.172. The molecule has 1 heterocycles. The Morgan fingerprint density at radius 2 is 2.29 bits per heavy atom. The number of hydrogen-bond donors (Lipinski definition) is 2. The lowest BCUT2D eigenvalue weighted by atomic mass is 10.0. The van der Waals surface area contributed by atoms with Crippen LogP contribution in [0.1, 0.15) is 32.5 Å². The molecule has 1 rings (SSSR count). The summed E-state index contributed by atoms with van der Waals surface area (Å²) in [6.45, 7) is 4.85. The SMILES string of the molecule is CCOC(CC)C(CCc1nccn1C)NN. The number of rotatable bonds is 8. The topological polar surface area (TPSA) is 65.1 Å². The maximum atomic E-state index is 5.67. The number of nitrogens with one attached hydrogen (secondary N) is 1. The predicted molar refractivity (Wildman–Crippen MR) is 68.3 cm³/mol. The number of hydrazine groups is 1. The number of aromatic nitrogens is 2. The highest BCUT2D eigenvalue weighted by molar-refractivity contribution is 4.92. The molecule has 0 aromatic carbocycles. The molecule has 3 N–H and O–H groups in total. The van der Waals surface area contributed by atoms with Crippen LogP contribution in [0.2, 0.25) is 0 Å². The summed E-state index contributed by atoms with van der Waals surface area (Å²) in [6, 6.07) is 0.177. The van der Waals surface area contributed by atoms with Crippen LogP contribution in [0.5, 0.6) is 0 Å². The molecule has 0 saturated heterocycles. The Kier molecular flexibility index (Phi) is 6.18. The molecule has 17 heavy (non-hydrogen) atoms. The number of nitrogens with zero attached hydrogens (tertiary/aromatic N) is 2. The van der Waals surface area contributed by atoms with Gasteiger partial charge in [-0.25, -0.2) is 4.98 Å². The summed E-state index contributed by atoms with van der Waals surface area (Å²) in [5, 5.41) is 0. The van der Waals surface area contributed by atoms with Gasteiger partial charge in [-0.05, 0) is 19.8 Å². The number of hydrogen-bond acceptors (Lipinski definition) is 4. The normalized spacial score (nSPS) is 14.8. The van der Waals surface area contributed by atoms with Crippen molar-refractivity contribution in [3.63, 3.8) is 0 Å². The van der Waals surface area contributed by atoms with E-state index in [0.717, 1.165) is 31.7 Å². The Hall–Kier alpha value is -0.910. The molecule has 0 fully saturated rings. The van der Waals surface area contributed by atoms with Gasteiger partial charge in [0.05, 0.1) is 6.10 Å². The van der Waals surface area contributed by atoms with Crippen molar-refractivity contribution >= 4 is 0 Å². The highest BCUT2D eigenvalue weighted by Gasteiger charge is 2.19. The van der Waals surface area contributed by atoms with Gasteiger partial charge in [0.2, 0.25) is 0 Å². The van der Waals surface area contributed by atoms with Gasteiger partial charge in [0.25, 0.3) is 0 Å². The first kappa shape index (κ1) is 14.2. The van der Waals surface area contributed by atoms with Crippen LogP contribution in [0.4, 0.5) is 0 Å². The van der Waals surface area contributed by atoms with Crippen LogP contribution < -0.4 is 11.3 Å². The van der Waals surface area contributed by atoms with E-state index < -0.39 is 0 Å². The molecular weight excluding hydrogens is 216 g/mol. The van der Waals surface area contributed by atoms with Crippen LogP contribution in [0.3, 0.4) is 0 Å². The lowest BCUT2D eigenvalue weighted by molar-refractivity contribution is 0.0296. The highest BCUT2D eigenvalue weighted by Crippen LogP contribution is 2.10. The van der Waals surface area contributed by atoms with Crippen LogP contribution >= 0.6 is 0 Å². The third kappa shape index (κ3) is 4.11. The molecule has 1 aromatic rings. The van der Waals surface area contributed by atoms with E-state index >= 15 is 0 Å². The molecule has 0 amide bonds. The van der Waals surface area contributed by atoms with Crippen molar-refractivity contribution in [1.29, 1.82) is 0 Å². The van der Waals surface area contributed by atoms with Gasteiger partial charge in [0, 0.05) is 38.5 Å². The van der Waals surface area contributed by atoms with Crippen molar-refractivity contribution in [1.82, 2.24) is 15.0 Å². The zero-order valence-electron chi connectivity index (χ0n) is 11.0. The minimum Gasteiger partial charge on any atom is -0.377 e. The molecule has 0 spiro atoms. The number of aryl methyl sites for hydroxylation is 2. The second-order valence-electron chi connectivity index (χ2n) is 4.17. The Bertz CT molecular complexity index is 313. The first-order chi connectivity index (χ1) is 8.22. The number of imidazole rings is 1. The van der Waals surface area contributed by atoms with Crippen molar-refractivity contribution in [2.45, 2.75) is 45.3 Å². The summed E-state index contributed by atoms with van der Waals surface area (Å²) in [5.74, 6) is 6.68. The standard InChI is InChI=1S/C12H24N4O/c1-4-11(17-5-2)10(15-13)6-7-12-14-8-9-16(12)3/h8-11,15H,4-7,13H2,1-3H3. The van der Waals surface area contributed by atoms with Crippen molar-refractivity contribution in [3.8, 4) is 0 Å². The molecule has 0 aliphatic carbocycles. The zero-order chi connectivity index (χ0) is 12.7. The molecule has 0 radical (unpaired) electrons. The van der Waals surface area contributed by atoms with Gasteiger partial charge in [0.15, 0.2) is 0 Å². The molecule has 1 aromatic heterocycles. The van der Waals surface area contributed by atoms with Crippen molar-refractivity contribution < 1.29 is 4.74 Å². The van der Waals surface area contributed by atoms with Crippen molar-refractivity contribution in [3.05, 3.63) is 18.2 Å². The smallest absolute Gasteiger partial charge is 0.108 e. The molecule has 5 nitrogen and oxygen atoms in total. The third-order valence-electron chi connectivity index (χ3n) is 3.05. The summed E-state index contributed by atoms with van der Waals surface area (Å²) < 4.78 is 7.71. The van der Waals surface area contributed by atoms with E-state index in [1.807, 2.05) is 30.9 Å². The van der Waals surface area contributed by atoms with Crippen molar-refractivity contribution in [2.24, 2.45) is 12.9 Å². The number of nitrogens with two attached hydrogens (primary N) is 1. The van der Waals surface area contributed by atoms with Crippen LogP contribution in [-0.4, -0.2) is 28.3 Å². The Labute approximate surface area is 103 Å². The van der Waals surface area contributed by atoms with Crippen LogP contribution in [-0.2, 0) is 18.2 Å². The fourth-order valence-corrected chi connectivity index (χ4v) is 2.03. The second-order valence-corrected chi connectivity index (χ2v) is 4.17. The molecule has 0 bridgehead atoms. The molecule has 2 atom stereocenters. The Balaban J connectivity index is 2.49. The van der Waals surface area contributed by atoms with E-state index in [4.69, 9.17) is 10.6 Å². The summed E-state index contributed by atoms with van der Waals surface area (Å²) in [6.07, 6.45) is 6.75. The van der Waals surface area contributed by atoms with E-state index in [9.17, 15) is 0 Å². The Morgan fingerprint density at radius 3 is 2.76 bits per heavy atom. The fraction of sp³-hybridized carbons (Fsp3) is 0.750. The average molecular weight is 240 g/mol. The molecule has 0 aliphatic rings. The van der Waals surface area contributed by atoms with Gasteiger partial charge >= 0.3 is 0 Å². The summed E-state index contributed by atoms with van der Waals surface area (Å²) >= 11 is 0. The van der Waals surface area contributed by atoms with E-state index in [0.29, 0.717) is 0 Å². The summed E-state index contributed by atoms with van der Waals surface area (Å²) in [7, 11) is 2.01. The monoisotopic (exact) mass is 240 g/mol. The highest BCUT2D eigenvalue weighted by atomic mass is 16.5. The molecule has 98 valence electrons. The molecule has 5 heteroatoms. The summed E-state index contributed by atoms with van der Waals surface area (Å²) in [5.41, 5.74) is 2.86. The van der Waals surface area contributed by atoms with Crippen LogP contribution in [0.15, 0.2) is 12.4 Å². The number of ether oxygens (including phenoxy) is 1. The van der Waals surface area contributed by atoms with Gasteiger partial charge in [0.1, 0.15) is 5.82 Å². The first-order valence-electron chi connectivity index (χ1n) is 6.26. The molecule has 2 unspecified atom stereocenters. The Morgan fingerprint density at radius 1 is 1.53 bits per heavy atom. The minimum atomic E-state index is 0.172. The third-order valence-corrected chi connectivity index (χ3v) is 3.05. The zero-order valence-corrected chi connectivity index (χ0v) is 11.0. The predicted octanol–water partition coefficient (Wildman–Crippen LogP) is 1.000. The van der Waals surface area contributed by atoms with Crippen LogP contribution in [0, 0.1) is 0 Å². The fourth-order valence-electron chi connectivity index (χ4n) is 2.03. The quantitative estimate of drug-likeness (QED) is 0.525. The maximum absolute atomic E-state index is 5.67. The largest absolute Gasteiger partial charge is 0.377 e. The van der Waals surface area contributed by atoms with Gasteiger partial charge in [-0.2, -0.15) is 0 Å². The molecule has 0 aliphatic heterocycles. The van der Waals surface area contributed by atoms with E-state index in [1.54, 1.807) is 0 Å².